The van der Waals surface area contributed by atoms with E-state index in [1.165, 1.54) is 12.1 Å². The van der Waals surface area contributed by atoms with Crippen molar-refractivity contribution in [3.8, 4) is 5.75 Å². The first kappa shape index (κ1) is 13.0. The number of carbonyl (C=O) groups excluding carboxylic acids is 2. The van der Waals surface area contributed by atoms with Gasteiger partial charge < -0.3 is 15.7 Å². The molecule has 0 aromatic heterocycles. The summed E-state index contributed by atoms with van der Waals surface area (Å²) in [7, 11) is 0. The van der Waals surface area contributed by atoms with Crippen molar-refractivity contribution in [1.82, 2.24) is 0 Å². The summed E-state index contributed by atoms with van der Waals surface area (Å²) in [6, 6.07) is 4.53. The normalized spacial score (nSPS) is 9.76. The fourth-order valence-electron chi connectivity index (χ4n) is 1.20. The monoisotopic (exact) mass is 236 g/mol. The van der Waals surface area contributed by atoms with Crippen molar-refractivity contribution < 1.29 is 14.7 Å². The summed E-state index contributed by atoms with van der Waals surface area (Å²) in [5, 5.41) is 14.7. The Labute approximate surface area is 99.8 Å². The molecule has 0 bridgehead atoms. The minimum Gasteiger partial charge on any atom is -0.506 e. The summed E-state index contributed by atoms with van der Waals surface area (Å²) >= 11 is 0. The second-order valence-electron chi connectivity index (χ2n) is 3.54. The lowest BCUT2D eigenvalue weighted by Crippen LogP contribution is -2.12. The Morgan fingerprint density at radius 1 is 1.12 bits per heavy atom. The molecule has 17 heavy (non-hydrogen) atoms. The van der Waals surface area contributed by atoms with Crippen LogP contribution in [0.3, 0.4) is 0 Å². The molecule has 1 rings (SSSR count). The number of carbonyl (C=O) groups is 2. The standard InChI is InChI=1S/C12H16N2O3/c1-3-11(16)13-8-5-6-10(15)9(7-8)14-12(17)4-2/h5-7,15H,3-4H2,1-2H3,(H,13,16)(H,14,17). The Morgan fingerprint density at radius 3 is 2.29 bits per heavy atom. The third kappa shape index (κ3) is 3.79. The van der Waals surface area contributed by atoms with Gasteiger partial charge >= 0.3 is 0 Å². The zero-order valence-electron chi connectivity index (χ0n) is 9.91. The number of aromatic hydroxyl groups is 1. The molecule has 0 fully saturated rings. The van der Waals surface area contributed by atoms with Gasteiger partial charge in [-0.2, -0.15) is 0 Å². The van der Waals surface area contributed by atoms with E-state index in [1.54, 1.807) is 19.9 Å². The minimum absolute atomic E-state index is 0.0266. The van der Waals surface area contributed by atoms with E-state index in [9.17, 15) is 14.7 Å². The van der Waals surface area contributed by atoms with Crippen LogP contribution in [-0.2, 0) is 9.59 Å². The van der Waals surface area contributed by atoms with Crippen molar-refractivity contribution in [3.05, 3.63) is 18.2 Å². The lowest BCUT2D eigenvalue weighted by molar-refractivity contribution is -0.116. The van der Waals surface area contributed by atoms with Gasteiger partial charge in [-0.3, -0.25) is 9.59 Å². The lowest BCUT2D eigenvalue weighted by atomic mass is 10.2. The van der Waals surface area contributed by atoms with Crippen LogP contribution in [0.15, 0.2) is 18.2 Å². The largest absolute Gasteiger partial charge is 0.506 e. The van der Waals surface area contributed by atoms with E-state index in [-0.39, 0.29) is 17.6 Å². The highest BCUT2D eigenvalue weighted by Gasteiger charge is 2.07. The van der Waals surface area contributed by atoms with Gasteiger partial charge in [0, 0.05) is 18.5 Å². The second-order valence-corrected chi connectivity index (χ2v) is 3.54. The number of amides is 2. The third-order valence-electron chi connectivity index (χ3n) is 2.20. The van der Waals surface area contributed by atoms with Crippen LogP contribution in [0.4, 0.5) is 11.4 Å². The molecule has 0 radical (unpaired) electrons. The molecule has 0 spiro atoms. The Bertz CT molecular complexity index is 430. The average Bonchev–Trinajstić information content (AvgIpc) is 2.33. The summed E-state index contributed by atoms with van der Waals surface area (Å²) in [5.41, 5.74) is 0.840. The zero-order valence-corrected chi connectivity index (χ0v) is 9.91. The van der Waals surface area contributed by atoms with Crippen LogP contribution < -0.4 is 10.6 Å². The molecule has 0 heterocycles. The summed E-state index contributed by atoms with van der Waals surface area (Å²) in [6.07, 6.45) is 0.697. The summed E-state index contributed by atoms with van der Waals surface area (Å²) in [4.78, 5) is 22.4. The Balaban J connectivity index is 2.86. The van der Waals surface area contributed by atoms with E-state index < -0.39 is 0 Å². The van der Waals surface area contributed by atoms with Crippen molar-refractivity contribution in [2.24, 2.45) is 0 Å². The van der Waals surface area contributed by atoms with Crippen LogP contribution in [-0.4, -0.2) is 16.9 Å². The Hall–Kier alpha value is -2.04. The zero-order chi connectivity index (χ0) is 12.8. The van der Waals surface area contributed by atoms with Gasteiger partial charge in [-0.05, 0) is 18.2 Å². The van der Waals surface area contributed by atoms with E-state index in [2.05, 4.69) is 10.6 Å². The predicted molar refractivity (Wildman–Crippen MR) is 65.9 cm³/mol. The first-order chi connectivity index (χ1) is 8.06. The van der Waals surface area contributed by atoms with Crippen molar-refractivity contribution >= 4 is 23.2 Å². The number of nitrogens with one attached hydrogen (secondary N) is 2. The minimum atomic E-state index is -0.195. The Morgan fingerprint density at radius 2 is 1.71 bits per heavy atom. The fourth-order valence-corrected chi connectivity index (χ4v) is 1.20. The van der Waals surface area contributed by atoms with Gasteiger partial charge in [0.05, 0.1) is 5.69 Å². The highest BCUT2D eigenvalue weighted by atomic mass is 16.3. The van der Waals surface area contributed by atoms with Gasteiger partial charge in [0.25, 0.3) is 0 Å². The highest BCUT2D eigenvalue weighted by molar-refractivity contribution is 5.95. The molecule has 0 unspecified atom stereocenters. The molecule has 0 atom stereocenters. The molecule has 3 N–H and O–H groups in total. The maximum atomic E-state index is 11.2. The molecule has 92 valence electrons. The fraction of sp³-hybridized carbons (Fsp3) is 0.333. The van der Waals surface area contributed by atoms with Gasteiger partial charge in [-0.1, -0.05) is 13.8 Å². The van der Waals surface area contributed by atoms with E-state index >= 15 is 0 Å². The van der Waals surface area contributed by atoms with Crippen LogP contribution in [0.5, 0.6) is 5.75 Å². The van der Waals surface area contributed by atoms with Crippen LogP contribution in [0.1, 0.15) is 26.7 Å². The maximum Gasteiger partial charge on any atom is 0.224 e. The smallest absolute Gasteiger partial charge is 0.224 e. The summed E-state index contributed by atoms with van der Waals surface area (Å²) in [6.45, 7) is 3.46. The van der Waals surface area contributed by atoms with Gasteiger partial charge in [0.15, 0.2) is 0 Å². The maximum absolute atomic E-state index is 11.2. The molecular weight excluding hydrogens is 220 g/mol. The number of rotatable bonds is 4. The number of phenolic OH excluding ortho intramolecular Hbond substituents is 1. The number of anilines is 2. The molecule has 5 heteroatoms. The molecule has 0 saturated heterocycles. The summed E-state index contributed by atoms with van der Waals surface area (Å²) in [5.74, 6) is -0.343. The van der Waals surface area contributed by atoms with E-state index in [4.69, 9.17) is 0 Å². The third-order valence-corrected chi connectivity index (χ3v) is 2.20. The second kappa shape index (κ2) is 5.89. The van der Waals surface area contributed by atoms with Gasteiger partial charge in [-0.25, -0.2) is 0 Å². The van der Waals surface area contributed by atoms with Gasteiger partial charge in [-0.15, -0.1) is 0 Å². The quantitative estimate of drug-likeness (QED) is 0.553. The van der Waals surface area contributed by atoms with Gasteiger partial charge in [0.2, 0.25) is 11.8 Å². The molecule has 5 nitrogen and oxygen atoms in total. The molecule has 1 aromatic rings. The number of phenols is 1. The van der Waals surface area contributed by atoms with E-state index in [0.29, 0.717) is 24.2 Å². The molecule has 2 amide bonds. The van der Waals surface area contributed by atoms with E-state index in [0.717, 1.165) is 0 Å². The first-order valence-electron chi connectivity index (χ1n) is 5.49. The average molecular weight is 236 g/mol. The SMILES string of the molecule is CCC(=O)Nc1ccc(O)c(NC(=O)CC)c1. The van der Waals surface area contributed by atoms with Crippen LogP contribution >= 0.6 is 0 Å². The molecule has 0 aliphatic rings. The Kier molecular flexibility index (Phi) is 4.51. The summed E-state index contributed by atoms with van der Waals surface area (Å²) < 4.78 is 0. The van der Waals surface area contributed by atoms with Gasteiger partial charge in [0.1, 0.15) is 5.75 Å². The van der Waals surface area contributed by atoms with E-state index in [1.807, 2.05) is 0 Å². The van der Waals surface area contributed by atoms with Crippen LogP contribution in [0, 0.1) is 0 Å². The van der Waals surface area contributed by atoms with Crippen LogP contribution in [0.25, 0.3) is 0 Å². The first-order valence-corrected chi connectivity index (χ1v) is 5.49. The predicted octanol–water partition coefficient (Wildman–Crippen LogP) is 2.09. The molecule has 0 aliphatic carbocycles. The number of hydrogen-bond acceptors (Lipinski definition) is 3. The molecule has 0 aliphatic heterocycles. The number of hydrogen-bond donors (Lipinski definition) is 3. The number of benzene rings is 1. The van der Waals surface area contributed by atoms with Crippen LogP contribution in [0.2, 0.25) is 0 Å². The van der Waals surface area contributed by atoms with Crippen molar-refractivity contribution in [2.45, 2.75) is 26.7 Å². The van der Waals surface area contributed by atoms with Crippen molar-refractivity contribution in [3.63, 3.8) is 0 Å². The van der Waals surface area contributed by atoms with Crippen molar-refractivity contribution in [1.29, 1.82) is 0 Å². The van der Waals surface area contributed by atoms with Crippen molar-refractivity contribution in [2.75, 3.05) is 10.6 Å². The molecule has 1 aromatic carbocycles. The highest BCUT2D eigenvalue weighted by Crippen LogP contribution is 2.26. The molecule has 0 saturated carbocycles. The lowest BCUT2D eigenvalue weighted by Gasteiger charge is -2.09. The molecular formula is C12H16N2O3. The topological polar surface area (TPSA) is 78.4 Å².